The highest BCUT2D eigenvalue weighted by atomic mass is 16.7. The molecule has 0 aromatic heterocycles. The molecule has 6 heteroatoms. The van der Waals surface area contributed by atoms with E-state index in [-0.39, 0.29) is 13.4 Å². The lowest BCUT2D eigenvalue weighted by molar-refractivity contribution is -0.136. The molecule has 3 rings (SSSR count). The van der Waals surface area contributed by atoms with E-state index in [2.05, 4.69) is 0 Å². The van der Waals surface area contributed by atoms with E-state index in [0.717, 1.165) is 16.9 Å². The summed E-state index contributed by atoms with van der Waals surface area (Å²) in [5.41, 5.74) is 1.75. The van der Waals surface area contributed by atoms with Gasteiger partial charge in [0.2, 0.25) is 6.79 Å². The largest absolute Gasteiger partial charge is 0.493 e. The second-order valence-corrected chi connectivity index (χ2v) is 5.59. The van der Waals surface area contributed by atoms with Crippen LogP contribution in [-0.2, 0) is 9.53 Å². The Labute approximate surface area is 157 Å². The Balaban J connectivity index is 1.50. The van der Waals surface area contributed by atoms with Gasteiger partial charge in [0, 0.05) is 6.08 Å². The molecule has 27 heavy (non-hydrogen) atoms. The monoisotopic (exact) mass is 368 g/mol. The van der Waals surface area contributed by atoms with E-state index in [4.69, 9.17) is 23.7 Å². The normalized spacial score (nSPS) is 12.5. The highest BCUT2D eigenvalue weighted by Crippen LogP contribution is 2.32. The lowest BCUT2D eigenvalue weighted by Crippen LogP contribution is -1.99. The van der Waals surface area contributed by atoms with Gasteiger partial charge < -0.3 is 23.7 Å². The number of ether oxygens (including phenoxy) is 5. The highest BCUT2D eigenvalue weighted by Gasteiger charge is 2.12. The van der Waals surface area contributed by atoms with Crippen molar-refractivity contribution in [1.29, 1.82) is 0 Å². The zero-order valence-electron chi connectivity index (χ0n) is 15.1. The third-order valence-electron chi connectivity index (χ3n) is 3.85. The van der Waals surface area contributed by atoms with Crippen LogP contribution in [-0.4, -0.2) is 33.6 Å². The maximum Gasteiger partial charge on any atom is 0.331 e. The molecule has 6 nitrogen and oxygen atoms in total. The first-order valence-corrected chi connectivity index (χ1v) is 8.32. The molecule has 140 valence electrons. The van der Waals surface area contributed by atoms with E-state index >= 15 is 0 Å². The van der Waals surface area contributed by atoms with Crippen LogP contribution in [0.4, 0.5) is 0 Å². The van der Waals surface area contributed by atoms with Crippen LogP contribution in [0, 0.1) is 0 Å². The fraction of sp³-hybridized carbons (Fsp3) is 0.190. The molecule has 1 aliphatic rings. The topological polar surface area (TPSA) is 63.2 Å². The van der Waals surface area contributed by atoms with E-state index in [0.29, 0.717) is 17.2 Å². The lowest BCUT2D eigenvalue weighted by Gasteiger charge is -2.07. The first kappa shape index (κ1) is 18.4. The maximum absolute atomic E-state index is 11.8. The van der Waals surface area contributed by atoms with Gasteiger partial charge in [-0.3, -0.25) is 0 Å². The van der Waals surface area contributed by atoms with Gasteiger partial charge in [-0.15, -0.1) is 0 Å². The Morgan fingerprint density at radius 3 is 2.52 bits per heavy atom. The zero-order chi connectivity index (χ0) is 19.1. The van der Waals surface area contributed by atoms with Crippen molar-refractivity contribution in [3.05, 3.63) is 59.7 Å². The fourth-order valence-corrected chi connectivity index (χ4v) is 2.50. The fourth-order valence-electron chi connectivity index (χ4n) is 2.50. The summed E-state index contributed by atoms with van der Waals surface area (Å²) >= 11 is 0. The van der Waals surface area contributed by atoms with Gasteiger partial charge in [-0.2, -0.15) is 0 Å². The van der Waals surface area contributed by atoms with Crippen molar-refractivity contribution in [3.63, 3.8) is 0 Å². The number of hydrogen-bond acceptors (Lipinski definition) is 6. The molecule has 0 N–H and O–H groups in total. The van der Waals surface area contributed by atoms with Crippen molar-refractivity contribution in [3.8, 4) is 23.0 Å². The van der Waals surface area contributed by atoms with Crippen molar-refractivity contribution in [2.45, 2.75) is 0 Å². The Morgan fingerprint density at radius 1 is 0.963 bits per heavy atom. The number of esters is 1. The number of carbonyl (C=O) groups excluding carboxylic acids is 1. The molecule has 0 saturated carbocycles. The predicted molar refractivity (Wildman–Crippen MR) is 101 cm³/mol. The number of carbonyl (C=O) groups is 1. The van der Waals surface area contributed by atoms with Crippen molar-refractivity contribution in [2.24, 2.45) is 0 Å². The standard InChI is InChI=1S/C21H20O6/c1-23-17-8-5-16(12-19(17)24-2)7-10-21(22)25-11-3-4-15-6-9-18-20(13-15)27-14-26-18/h3-10,12-13H,11,14H2,1-2H3/b4-3+,10-7+. The lowest BCUT2D eigenvalue weighted by atomic mass is 10.2. The molecule has 0 radical (unpaired) electrons. The third-order valence-corrected chi connectivity index (χ3v) is 3.85. The Morgan fingerprint density at radius 2 is 1.70 bits per heavy atom. The number of methoxy groups -OCH3 is 2. The average Bonchev–Trinajstić information content (AvgIpc) is 3.17. The molecule has 0 atom stereocenters. The van der Waals surface area contributed by atoms with Crippen molar-refractivity contribution in [1.82, 2.24) is 0 Å². The minimum Gasteiger partial charge on any atom is -0.493 e. The molecule has 0 spiro atoms. The summed E-state index contributed by atoms with van der Waals surface area (Å²) in [6.45, 7) is 0.413. The van der Waals surface area contributed by atoms with Gasteiger partial charge in [0.25, 0.3) is 0 Å². The second-order valence-electron chi connectivity index (χ2n) is 5.59. The molecule has 0 amide bonds. The second kappa shape index (κ2) is 8.80. The summed E-state index contributed by atoms with van der Waals surface area (Å²) in [6.07, 6.45) is 6.65. The quantitative estimate of drug-likeness (QED) is 0.548. The number of hydrogen-bond donors (Lipinski definition) is 0. The smallest absolute Gasteiger partial charge is 0.331 e. The molecule has 0 aliphatic carbocycles. The van der Waals surface area contributed by atoms with E-state index in [1.54, 1.807) is 38.5 Å². The minimum absolute atomic E-state index is 0.170. The van der Waals surface area contributed by atoms with Crippen LogP contribution in [0.3, 0.4) is 0 Å². The summed E-state index contributed by atoms with van der Waals surface area (Å²) in [4.78, 5) is 11.8. The van der Waals surface area contributed by atoms with Crippen LogP contribution < -0.4 is 18.9 Å². The summed E-state index contributed by atoms with van der Waals surface area (Å²) in [6, 6.07) is 11.0. The van der Waals surface area contributed by atoms with E-state index in [1.807, 2.05) is 30.3 Å². The number of fused-ring (bicyclic) bond motifs is 1. The van der Waals surface area contributed by atoms with E-state index in [9.17, 15) is 4.79 Å². The van der Waals surface area contributed by atoms with Crippen molar-refractivity contribution < 1.29 is 28.5 Å². The first-order chi connectivity index (χ1) is 13.2. The molecule has 2 aromatic rings. The molecule has 1 aliphatic heterocycles. The van der Waals surface area contributed by atoms with E-state index in [1.165, 1.54) is 6.08 Å². The van der Waals surface area contributed by atoms with Gasteiger partial charge in [0.1, 0.15) is 6.61 Å². The van der Waals surface area contributed by atoms with Crippen LogP contribution in [0.15, 0.2) is 48.6 Å². The molecular weight excluding hydrogens is 348 g/mol. The van der Waals surface area contributed by atoms with Crippen LogP contribution in [0.25, 0.3) is 12.2 Å². The maximum atomic E-state index is 11.8. The Bertz CT molecular complexity index is 869. The number of rotatable bonds is 7. The SMILES string of the molecule is COc1ccc(/C=C/C(=O)OC/C=C/c2ccc3c(c2)OCO3)cc1OC. The Hall–Kier alpha value is -3.41. The van der Waals surface area contributed by atoms with Crippen LogP contribution in [0.5, 0.6) is 23.0 Å². The molecular formula is C21H20O6. The summed E-state index contributed by atoms with van der Waals surface area (Å²) in [5, 5.41) is 0. The summed E-state index contributed by atoms with van der Waals surface area (Å²) in [7, 11) is 3.13. The van der Waals surface area contributed by atoms with Gasteiger partial charge in [0.05, 0.1) is 14.2 Å². The zero-order valence-corrected chi connectivity index (χ0v) is 15.1. The first-order valence-electron chi connectivity index (χ1n) is 8.32. The molecule has 2 aromatic carbocycles. The summed E-state index contributed by atoms with van der Waals surface area (Å²) in [5.74, 6) is 2.25. The van der Waals surface area contributed by atoms with Gasteiger partial charge in [-0.25, -0.2) is 4.79 Å². The van der Waals surface area contributed by atoms with Crippen LogP contribution >= 0.6 is 0 Å². The molecule has 1 heterocycles. The molecule has 0 saturated heterocycles. The molecule has 0 unspecified atom stereocenters. The highest BCUT2D eigenvalue weighted by molar-refractivity contribution is 5.87. The third kappa shape index (κ3) is 4.82. The number of benzene rings is 2. The van der Waals surface area contributed by atoms with Crippen LogP contribution in [0.1, 0.15) is 11.1 Å². The van der Waals surface area contributed by atoms with Gasteiger partial charge in [-0.05, 0) is 47.5 Å². The predicted octanol–water partition coefficient (Wildman–Crippen LogP) is 3.70. The van der Waals surface area contributed by atoms with Crippen molar-refractivity contribution >= 4 is 18.1 Å². The van der Waals surface area contributed by atoms with Gasteiger partial charge in [0.15, 0.2) is 23.0 Å². The molecule has 0 fully saturated rings. The van der Waals surface area contributed by atoms with Gasteiger partial charge >= 0.3 is 5.97 Å². The molecule has 0 bridgehead atoms. The Kier molecular flexibility index (Phi) is 5.99. The van der Waals surface area contributed by atoms with Crippen LogP contribution in [0.2, 0.25) is 0 Å². The summed E-state index contributed by atoms with van der Waals surface area (Å²) < 4.78 is 26.2. The van der Waals surface area contributed by atoms with E-state index < -0.39 is 5.97 Å². The van der Waals surface area contributed by atoms with Crippen molar-refractivity contribution in [2.75, 3.05) is 27.6 Å². The van der Waals surface area contributed by atoms with Gasteiger partial charge in [-0.1, -0.05) is 18.2 Å². The average molecular weight is 368 g/mol. The minimum atomic E-state index is -0.430.